The van der Waals surface area contributed by atoms with Crippen LogP contribution in [0.5, 0.6) is 0 Å². The molecule has 0 radical (unpaired) electrons. The highest BCUT2D eigenvalue weighted by atomic mass is 32.2. The van der Waals surface area contributed by atoms with Crippen LogP contribution in [0.2, 0.25) is 0 Å². The van der Waals surface area contributed by atoms with Gasteiger partial charge in [-0.25, -0.2) is 0 Å². The van der Waals surface area contributed by atoms with E-state index in [1.807, 2.05) is 12.3 Å². The van der Waals surface area contributed by atoms with Gasteiger partial charge in [0.2, 0.25) is 0 Å². The van der Waals surface area contributed by atoms with Crippen LogP contribution >= 0.6 is 24.0 Å². The summed E-state index contributed by atoms with van der Waals surface area (Å²) in [5.41, 5.74) is 1.39. The number of thiocarbonyl (C=S) groups is 1. The van der Waals surface area contributed by atoms with Crippen molar-refractivity contribution in [1.29, 1.82) is 0 Å². The van der Waals surface area contributed by atoms with Crippen molar-refractivity contribution in [2.75, 3.05) is 12.8 Å². The van der Waals surface area contributed by atoms with E-state index in [0.29, 0.717) is 0 Å². The summed E-state index contributed by atoms with van der Waals surface area (Å²) in [5, 5.41) is 3.20. The van der Waals surface area contributed by atoms with Crippen LogP contribution in [-0.2, 0) is 6.42 Å². The highest BCUT2D eigenvalue weighted by Gasteiger charge is 1.93. The highest BCUT2D eigenvalue weighted by molar-refractivity contribution is 8.22. The molecule has 14 heavy (non-hydrogen) atoms. The molecule has 1 aromatic rings. The van der Waals surface area contributed by atoms with Crippen molar-refractivity contribution in [3.63, 3.8) is 0 Å². The third kappa shape index (κ3) is 4.63. The van der Waals surface area contributed by atoms with E-state index in [0.717, 1.165) is 23.7 Å². The maximum absolute atomic E-state index is 5.04. The largest absolute Gasteiger partial charge is 0.371 e. The molecule has 0 aliphatic rings. The fourth-order valence-electron chi connectivity index (χ4n) is 1.20. The molecule has 1 nitrogen and oxygen atoms in total. The summed E-state index contributed by atoms with van der Waals surface area (Å²) >= 11 is 6.63. The van der Waals surface area contributed by atoms with Gasteiger partial charge in [0.25, 0.3) is 0 Å². The number of aryl methyl sites for hydroxylation is 1. The molecule has 0 saturated heterocycles. The fourth-order valence-corrected chi connectivity index (χ4v) is 1.55. The Morgan fingerprint density at radius 2 is 2.07 bits per heavy atom. The van der Waals surface area contributed by atoms with Crippen LogP contribution in [0.25, 0.3) is 0 Å². The number of thioether (sulfide) groups is 1. The predicted octanol–water partition coefficient (Wildman–Crippen LogP) is 2.86. The van der Waals surface area contributed by atoms with Crippen molar-refractivity contribution >= 4 is 28.3 Å². The Bertz CT molecular complexity index is 272. The Hall–Kier alpha value is -0.540. The minimum absolute atomic E-state index is 0.887. The van der Waals surface area contributed by atoms with E-state index in [-0.39, 0.29) is 0 Å². The zero-order valence-corrected chi connectivity index (χ0v) is 9.96. The van der Waals surface area contributed by atoms with Crippen molar-refractivity contribution in [2.45, 2.75) is 12.8 Å². The number of nitrogens with one attached hydrogen (secondary N) is 1. The summed E-state index contributed by atoms with van der Waals surface area (Å²) in [6, 6.07) is 10.5. The molecule has 0 atom stereocenters. The standard InChI is InChI=1S/C11H15NS2/c1-14-11(13)12-9-5-8-10-6-3-2-4-7-10/h2-4,6-7H,5,8-9H2,1H3,(H,12,13). The van der Waals surface area contributed by atoms with E-state index in [4.69, 9.17) is 12.2 Å². The lowest BCUT2D eigenvalue weighted by atomic mass is 10.1. The van der Waals surface area contributed by atoms with Crippen LogP contribution in [0, 0.1) is 0 Å². The van der Waals surface area contributed by atoms with Crippen molar-refractivity contribution in [3.05, 3.63) is 35.9 Å². The van der Waals surface area contributed by atoms with E-state index in [2.05, 4.69) is 29.6 Å². The van der Waals surface area contributed by atoms with Crippen LogP contribution < -0.4 is 5.32 Å². The van der Waals surface area contributed by atoms with Gasteiger partial charge in [0, 0.05) is 6.54 Å². The van der Waals surface area contributed by atoms with Crippen molar-refractivity contribution in [2.24, 2.45) is 0 Å². The maximum Gasteiger partial charge on any atom is 0.133 e. The Balaban J connectivity index is 2.13. The topological polar surface area (TPSA) is 12.0 Å². The van der Waals surface area contributed by atoms with Gasteiger partial charge < -0.3 is 5.32 Å². The SMILES string of the molecule is CSC(=S)NCCCc1ccccc1. The molecule has 1 rings (SSSR count). The first-order chi connectivity index (χ1) is 6.83. The summed E-state index contributed by atoms with van der Waals surface area (Å²) < 4.78 is 0.887. The molecule has 0 amide bonds. The monoisotopic (exact) mass is 225 g/mol. The van der Waals surface area contributed by atoms with Gasteiger partial charge in [-0.2, -0.15) is 0 Å². The predicted molar refractivity (Wildman–Crippen MR) is 68.9 cm³/mol. The first kappa shape index (κ1) is 11.5. The molecule has 0 fully saturated rings. The number of rotatable bonds is 4. The molecule has 0 aromatic heterocycles. The maximum atomic E-state index is 5.04. The van der Waals surface area contributed by atoms with Crippen LogP contribution in [0.15, 0.2) is 30.3 Å². The van der Waals surface area contributed by atoms with Gasteiger partial charge in [0.15, 0.2) is 0 Å². The summed E-state index contributed by atoms with van der Waals surface area (Å²) in [6.45, 7) is 0.967. The lowest BCUT2D eigenvalue weighted by Gasteiger charge is -2.04. The lowest BCUT2D eigenvalue weighted by molar-refractivity contribution is 0.782. The molecule has 0 spiro atoms. The first-order valence-electron chi connectivity index (χ1n) is 4.68. The van der Waals surface area contributed by atoms with Gasteiger partial charge in [0.1, 0.15) is 4.32 Å². The summed E-state index contributed by atoms with van der Waals surface area (Å²) in [7, 11) is 0. The van der Waals surface area contributed by atoms with E-state index in [9.17, 15) is 0 Å². The molecule has 0 heterocycles. The molecule has 1 N–H and O–H groups in total. The third-order valence-electron chi connectivity index (χ3n) is 1.94. The average Bonchev–Trinajstić information content (AvgIpc) is 2.25. The van der Waals surface area contributed by atoms with Gasteiger partial charge in [-0.05, 0) is 24.7 Å². The second-order valence-electron chi connectivity index (χ2n) is 3.01. The molecule has 0 saturated carbocycles. The van der Waals surface area contributed by atoms with Gasteiger partial charge in [-0.15, -0.1) is 11.8 Å². The molecule has 3 heteroatoms. The van der Waals surface area contributed by atoms with Crippen molar-refractivity contribution in [1.82, 2.24) is 5.32 Å². The molecular weight excluding hydrogens is 210 g/mol. The summed E-state index contributed by atoms with van der Waals surface area (Å²) in [6.07, 6.45) is 4.24. The second-order valence-corrected chi connectivity index (χ2v) is 4.49. The van der Waals surface area contributed by atoms with Gasteiger partial charge >= 0.3 is 0 Å². The van der Waals surface area contributed by atoms with Crippen molar-refractivity contribution in [3.8, 4) is 0 Å². The Kier molecular flexibility index (Phi) is 5.64. The summed E-state index contributed by atoms with van der Waals surface area (Å²) in [5.74, 6) is 0. The first-order valence-corrected chi connectivity index (χ1v) is 6.32. The van der Waals surface area contributed by atoms with Crippen LogP contribution in [-0.4, -0.2) is 17.1 Å². The van der Waals surface area contributed by atoms with Crippen LogP contribution in [0.1, 0.15) is 12.0 Å². The number of hydrogen-bond acceptors (Lipinski definition) is 2. The Morgan fingerprint density at radius 1 is 1.36 bits per heavy atom. The number of hydrogen-bond donors (Lipinski definition) is 1. The molecule has 0 aliphatic carbocycles. The second kappa shape index (κ2) is 6.85. The Morgan fingerprint density at radius 3 is 2.71 bits per heavy atom. The minimum Gasteiger partial charge on any atom is -0.371 e. The normalized spacial score (nSPS) is 9.79. The highest BCUT2D eigenvalue weighted by Crippen LogP contribution is 2.02. The number of benzene rings is 1. The van der Waals surface area contributed by atoms with Crippen LogP contribution in [0.4, 0.5) is 0 Å². The smallest absolute Gasteiger partial charge is 0.133 e. The molecule has 0 unspecified atom stereocenters. The lowest BCUT2D eigenvalue weighted by Crippen LogP contribution is -2.19. The van der Waals surface area contributed by atoms with Gasteiger partial charge in [-0.1, -0.05) is 42.5 Å². The molecule has 0 aliphatic heterocycles. The van der Waals surface area contributed by atoms with E-state index in [1.165, 1.54) is 5.56 Å². The molecule has 1 aromatic carbocycles. The fraction of sp³-hybridized carbons (Fsp3) is 0.364. The molecule has 0 bridgehead atoms. The summed E-state index contributed by atoms with van der Waals surface area (Å²) in [4.78, 5) is 0. The van der Waals surface area contributed by atoms with E-state index < -0.39 is 0 Å². The van der Waals surface area contributed by atoms with Crippen molar-refractivity contribution < 1.29 is 0 Å². The quantitative estimate of drug-likeness (QED) is 0.625. The van der Waals surface area contributed by atoms with Crippen LogP contribution in [0.3, 0.4) is 0 Å². The molecular formula is C11H15NS2. The van der Waals surface area contributed by atoms with E-state index >= 15 is 0 Å². The average molecular weight is 225 g/mol. The zero-order valence-electron chi connectivity index (χ0n) is 8.32. The minimum atomic E-state index is 0.887. The zero-order chi connectivity index (χ0) is 10.2. The van der Waals surface area contributed by atoms with Gasteiger partial charge in [-0.3, -0.25) is 0 Å². The Labute approximate surface area is 95.3 Å². The van der Waals surface area contributed by atoms with Gasteiger partial charge in [0.05, 0.1) is 0 Å². The van der Waals surface area contributed by atoms with E-state index in [1.54, 1.807) is 11.8 Å². The molecule has 76 valence electrons. The third-order valence-corrected chi connectivity index (χ3v) is 3.10.